The van der Waals surface area contributed by atoms with Crippen LogP contribution in [0.25, 0.3) is 0 Å². The Morgan fingerprint density at radius 3 is 2.29 bits per heavy atom. The molecule has 8 heteroatoms. The van der Waals surface area contributed by atoms with E-state index in [-0.39, 0.29) is 23.4 Å². The van der Waals surface area contributed by atoms with E-state index in [1.165, 1.54) is 22.6 Å². The van der Waals surface area contributed by atoms with E-state index in [0.29, 0.717) is 13.1 Å². The second-order valence-corrected chi connectivity index (χ2v) is 8.56. The molecule has 0 radical (unpaired) electrons. The number of nitrogens with one attached hydrogen (secondary N) is 1. The van der Waals surface area contributed by atoms with Crippen molar-refractivity contribution in [2.45, 2.75) is 45.2 Å². The van der Waals surface area contributed by atoms with Gasteiger partial charge in [0.15, 0.2) is 0 Å². The number of sulfonamides is 1. The van der Waals surface area contributed by atoms with Crippen molar-refractivity contribution in [1.82, 2.24) is 14.2 Å². The Morgan fingerprint density at radius 1 is 1.11 bits per heavy atom. The second kappa shape index (κ2) is 9.16. The second-order valence-electron chi connectivity index (χ2n) is 6.62. The van der Waals surface area contributed by atoms with Crippen molar-refractivity contribution < 1.29 is 13.2 Å². The van der Waals surface area contributed by atoms with Crippen LogP contribution in [0.3, 0.4) is 0 Å². The van der Waals surface area contributed by atoms with Crippen LogP contribution >= 0.6 is 0 Å². The van der Waals surface area contributed by atoms with E-state index in [4.69, 9.17) is 0 Å². The first-order chi connectivity index (χ1) is 13.2. The Bertz CT molecular complexity index is 977. The Labute approximate surface area is 166 Å². The van der Waals surface area contributed by atoms with Gasteiger partial charge < -0.3 is 9.88 Å². The highest BCUT2D eigenvalue weighted by atomic mass is 32.2. The zero-order chi connectivity index (χ0) is 20.9. The topological polar surface area (TPSA) is 88.5 Å². The highest BCUT2D eigenvalue weighted by Crippen LogP contribution is 2.15. The molecule has 0 spiro atoms. The van der Waals surface area contributed by atoms with Crippen molar-refractivity contribution in [2.24, 2.45) is 0 Å². The standard InChI is InChI=1S/C20H27N3O4S/c1-5-23(6-2)28(26,27)18-11-12-20(25)22(13-18)14-19(24)21-16(4)17-9-7-15(3)8-10-17/h7-13,16H,5-6,14H2,1-4H3,(H,21,24). The van der Waals surface area contributed by atoms with Crippen molar-refractivity contribution in [3.63, 3.8) is 0 Å². The molecule has 0 bridgehead atoms. The highest BCUT2D eigenvalue weighted by molar-refractivity contribution is 7.89. The molecule has 1 heterocycles. The zero-order valence-electron chi connectivity index (χ0n) is 16.7. The minimum absolute atomic E-state index is 0.00446. The molecule has 1 amide bonds. The summed E-state index contributed by atoms with van der Waals surface area (Å²) in [6, 6.07) is 10.0. The number of pyridine rings is 1. The van der Waals surface area contributed by atoms with Gasteiger partial charge >= 0.3 is 0 Å². The van der Waals surface area contributed by atoms with Crippen molar-refractivity contribution in [3.8, 4) is 0 Å². The molecule has 1 unspecified atom stereocenters. The summed E-state index contributed by atoms with van der Waals surface area (Å²) in [5.41, 5.74) is 1.64. The van der Waals surface area contributed by atoms with Crippen LogP contribution in [-0.2, 0) is 21.4 Å². The molecule has 2 aromatic rings. The first-order valence-electron chi connectivity index (χ1n) is 9.25. The monoisotopic (exact) mass is 405 g/mol. The van der Waals surface area contributed by atoms with E-state index >= 15 is 0 Å². The molecule has 0 aliphatic heterocycles. The molecule has 1 aromatic heterocycles. The fourth-order valence-electron chi connectivity index (χ4n) is 2.88. The van der Waals surface area contributed by atoms with Gasteiger partial charge in [0, 0.05) is 25.4 Å². The molecule has 0 aliphatic rings. The minimum atomic E-state index is -3.70. The minimum Gasteiger partial charge on any atom is -0.348 e. The fourth-order valence-corrected chi connectivity index (χ4v) is 4.36. The van der Waals surface area contributed by atoms with Crippen LogP contribution in [0, 0.1) is 6.92 Å². The van der Waals surface area contributed by atoms with Gasteiger partial charge in [-0.2, -0.15) is 4.31 Å². The molecule has 0 fully saturated rings. The number of nitrogens with zero attached hydrogens (tertiary/aromatic N) is 2. The quantitative estimate of drug-likeness (QED) is 0.728. The van der Waals surface area contributed by atoms with Crippen molar-refractivity contribution in [2.75, 3.05) is 13.1 Å². The average molecular weight is 406 g/mol. The van der Waals surface area contributed by atoms with Crippen molar-refractivity contribution in [1.29, 1.82) is 0 Å². The molecular weight excluding hydrogens is 378 g/mol. The molecule has 2 rings (SSSR count). The normalized spacial score (nSPS) is 12.8. The Balaban J connectivity index is 2.18. The Morgan fingerprint density at radius 2 is 1.71 bits per heavy atom. The summed E-state index contributed by atoms with van der Waals surface area (Å²) in [7, 11) is -3.70. The molecule has 1 N–H and O–H groups in total. The lowest BCUT2D eigenvalue weighted by Gasteiger charge is -2.19. The SMILES string of the molecule is CCN(CC)S(=O)(=O)c1ccc(=O)n(CC(=O)NC(C)c2ccc(C)cc2)c1. The van der Waals surface area contributed by atoms with Gasteiger partial charge in [0.2, 0.25) is 15.9 Å². The van der Waals surface area contributed by atoms with Gasteiger partial charge in [-0.25, -0.2) is 8.42 Å². The number of rotatable bonds is 8. The lowest BCUT2D eigenvalue weighted by molar-refractivity contribution is -0.122. The van der Waals surface area contributed by atoms with Crippen molar-refractivity contribution >= 4 is 15.9 Å². The number of amides is 1. The molecule has 1 atom stereocenters. The summed E-state index contributed by atoms with van der Waals surface area (Å²) < 4.78 is 27.7. The molecule has 28 heavy (non-hydrogen) atoms. The first kappa shape index (κ1) is 21.8. The van der Waals surface area contributed by atoms with Gasteiger partial charge in [0.25, 0.3) is 5.56 Å². The largest absolute Gasteiger partial charge is 0.348 e. The van der Waals surface area contributed by atoms with Gasteiger partial charge in [-0.05, 0) is 25.5 Å². The predicted octanol–water partition coefficient (Wildman–Crippen LogP) is 2.06. The van der Waals surface area contributed by atoms with Gasteiger partial charge in [0.05, 0.1) is 10.9 Å². The summed E-state index contributed by atoms with van der Waals surface area (Å²) in [6.45, 7) is 7.73. The number of hydrogen-bond acceptors (Lipinski definition) is 4. The third-order valence-electron chi connectivity index (χ3n) is 4.57. The third-order valence-corrected chi connectivity index (χ3v) is 6.60. The molecular formula is C20H27N3O4S. The third kappa shape index (κ3) is 5.08. The maximum absolute atomic E-state index is 12.6. The fraction of sp³-hybridized carbons (Fsp3) is 0.400. The molecule has 0 aliphatic carbocycles. The number of carbonyl (C=O) groups is 1. The summed E-state index contributed by atoms with van der Waals surface area (Å²) >= 11 is 0. The van der Waals surface area contributed by atoms with E-state index in [0.717, 1.165) is 15.7 Å². The van der Waals surface area contributed by atoms with Gasteiger partial charge in [-0.3, -0.25) is 9.59 Å². The van der Waals surface area contributed by atoms with Gasteiger partial charge in [-0.1, -0.05) is 43.7 Å². The van der Waals surface area contributed by atoms with Crippen LogP contribution in [0.1, 0.15) is 37.9 Å². The van der Waals surface area contributed by atoms with Crippen LogP contribution in [0.5, 0.6) is 0 Å². The molecule has 152 valence electrons. The van der Waals surface area contributed by atoms with E-state index in [2.05, 4.69) is 5.32 Å². The molecule has 0 saturated carbocycles. The van der Waals surface area contributed by atoms with E-state index in [9.17, 15) is 18.0 Å². The smallest absolute Gasteiger partial charge is 0.251 e. The lowest BCUT2D eigenvalue weighted by atomic mass is 10.1. The van der Waals surface area contributed by atoms with Gasteiger partial charge in [-0.15, -0.1) is 0 Å². The molecule has 0 saturated heterocycles. The number of carbonyl (C=O) groups excluding carboxylic acids is 1. The summed E-state index contributed by atoms with van der Waals surface area (Å²) in [5.74, 6) is -0.368. The number of aromatic nitrogens is 1. The predicted molar refractivity (Wildman–Crippen MR) is 109 cm³/mol. The summed E-state index contributed by atoms with van der Waals surface area (Å²) in [4.78, 5) is 24.5. The van der Waals surface area contributed by atoms with Crippen molar-refractivity contribution in [3.05, 3.63) is 64.1 Å². The molecule has 7 nitrogen and oxygen atoms in total. The first-order valence-corrected chi connectivity index (χ1v) is 10.7. The lowest BCUT2D eigenvalue weighted by Crippen LogP contribution is -2.35. The van der Waals surface area contributed by atoms with E-state index in [1.807, 2.05) is 38.1 Å². The number of aryl methyl sites for hydroxylation is 1. The average Bonchev–Trinajstić information content (AvgIpc) is 2.64. The van der Waals surface area contributed by atoms with Gasteiger partial charge in [0.1, 0.15) is 6.54 Å². The Hall–Kier alpha value is -2.45. The number of benzene rings is 1. The summed E-state index contributed by atoms with van der Waals surface area (Å²) in [5, 5.41) is 2.84. The van der Waals surface area contributed by atoms with E-state index in [1.54, 1.807) is 13.8 Å². The van der Waals surface area contributed by atoms with Crippen LogP contribution in [0.4, 0.5) is 0 Å². The maximum Gasteiger partial charge on any atom is 0.251 e. The summed E-state index contributed by atoms with van der Waals surface area (Å²) in [6.07, 6.45) is 1.23. The zero-order valence-corrected chi connectivity index (χ0v) is 17.5. The Kier molecular flexibility index (Phi) is 7.15. The van der Waals surface area contributed by atoms with E-state index < -0.39 is 15.6 Å². The maximum atomic E-state index is 12.6. The van der Waals surface area contributed by atoms with Crippen LogP contribution in [0.2, 0.25) is 0 Å². The number of hydrogen-bond donors (Lipinski definition) is 1. The van der Waals surface area contributed by atoms with Crippen LogP contribution < -0.4 is 10.9 Å². The van der Waals surface area contributed by atoms with Crippen LogP contribution in [0.15, 0.2) is 52.3 Å². The molecule has 1 aromatic carbocycles. The highest BCUT2D eigenvalue weighted by Gasteiger charge is 2.22. The van der Waals surface area contributed by atoms with Crippen LogP contribution in [-0.4, -0.2) is 36.3 Å².